The van der Waals surface area contributed by atoms with Gasteiger partial charge in [-0.05, 0) is 49.8 Å². The Labute approximate surface area is 156 Å². The number of aromatic amines is 1. The van der Waals surface area contributed by atoms with Crippen LogP contribution in [0.5, 0.6) is 0 Å². The van der Waals surface area contributed by atoms with E-state index in [4.69, 9.17) is 12.2 Å². The van der Waals surface area contributed by atoms with E-state index in [2.05, 4.69) is 4.98 Å². The first-order valence-corrected chi connectivity index (χ1v) is 9.06. The minimum atomic E-state index is -0.137. The van der Waals surface area contributed by atoms with Crippen molar-refractivity contribution in [1.82, 2.24) is 14.5 Å². The van der Waals surface area contributed by atoms with Crippen LogP contribution in [-0.4, -0.2) is 26.9 Å². The number of carbonyl (C=O) groups is 1. The maximum absolute atomic E-state index is 12.9. The molecule has 3 aromatic rings. The Bertz CT molecular complexity index is 1050. The highest BCUT2D eigenvalue weighted by atomic mass is 32.1. The Morgan fingerprint density at radius 2 is 1.88 bits per heavy atom. The molecule has 0 saturated carbocycles. The molecule has 0 aliphatic rings. The maximum atomic E-state index is 12.9. The minimum Gasteiger partial charge on any atom is -0.335 e. The standard InChI is InChI=1S/C20H21N3O2S/c1-3-22(13-14-8-6-5-7-9-14)18(24)15-10-11-16-17(12-15)21-20(26)23(4-2)19(16)25/h5-12H,3-4,13H2,1-2H3,(H,21,26). The van der Waals surface area contributed by atoms with Crippen molar-refractivity contribution in [2.45, 2.75) is 26.9 Å². The summed E-state index contributed by atoms with van der Waals surface area (Å²) < 4.78 is 1.87. The van der Waals surface area contributed by atoms with E-state index >= 15 is 0 Å². The molecule has 0 spiro atoms. The highest BCUT2D eigenvalue weighted by molar-refractivity contribution is 7.71. The molecule has 1 aromatic heterocycles. The molecule has 6 heteroatoms. The molecule has 26 heavy (non-hydrogen) atoms. The summed E-state index contributed by atoms with van der Waals surface area (Å²) >= 11 is 5.25. The summed E-state index contributed by atoms with van der Waals surface area (Å²) in [6.07, 6.45) is 0. The third-order valence-corrected chi connectivity index (χ3v) is 4.75. The summed E-state index contributed by atoms with van der Waals surface area (Å²) in [5.74, 6) is -0.0720. The minimum absolute atomic E-state index is 0.0720. The van der Waals surface area contributed by atoms with E-state index in [-0.39, 0.29) is 11.5 Å². The molecule has 134 valence electrons. The van der Waals surface area contributed by atoms with Gasteiger partial charge in [-0.2, -0.15) is 0 Å². The third-order valence-electron chi connectivity index (χ3n) is 4.43. The number of fused-ring (bicyclic) bond motifs is 1. The molecule has 1 amide bonds. The number of hydrogen-bond acceptors (Lipinski definition) is 3. The van der Waals surface area contributed by atoms with Crippen LogP contribution in [-0.2, 0) is 13.1 Å². The number of carbonyl (C=O) groups excluding carboxylic acids is 1. The van der Waals surface area contributed by atoms with Crippen molar-refractivity contribution in [2.75, 3.05) is 6.54 Å². The van der Waals surface area contributed by atoms with E-state index in [9.17, 15) is 9.59 Å². The number of rotatable bonds is 5. The van der Waals surface area contributed by atoms with Gasteiger partial charge in [-0.25, -0.2) is 0 Å². The molecule has 0 bridgehead atoms. The molecule has 2 aromatic carbocycles. The largest absolute Gasteiger partial charge is 0.335 e. The predicted molar refractivity (Wildman–Crippen MR) is 106 cm³/mol. The van der Waals surface area contributed by atoms with Gasteiger partial charge in [0.25, 0.3) is 11.5 Å². The number of benzene rings is 2. The fraction of sp³-hybridized carbons (Fsp3) is 0.250. The molecule has 0 aliphatic heterocycles. The fourth-order valence-corrected chi connectivity index (χ4v) is 3.31. The molecule has 0 atom stereocenters. The average molecular weight is 367 g/mol. The van der Waals surface area contributed by atoms with Gasteiger partial charge in [-0.3, -0.25) is 14.2 Å². The summed E-state index contributed by atoms with van der Waals surface area (Å²) in [7, 11) is 0. The summed E-state index contributed by atoms with van der Waals surface area (Å²) in [5, 5.41) is 0.531. The smallest absolute Gasteiger partial charge is 0.262 e. The van der Waals surface area contributed by atoms with Crippen molar-refractivity contribution < 1.29 is 4.79 Å². The first-order valence-electron chi connectivity index (χ1n) is 8.65. The lowest BCUT2D eigenvalue weighted by molar-refractivity contribution is 0.0752. The van der Waals surface area contributed by atoms with Crippen LogP contribution in [0.25, 0.3) is 10.9 Å². The molecule has 5 nitrogen and oxygen atoms in total. The number of amides is 1. The molecule has 1 heterocycles. The zero-order valence-corrected chi connectivity index (χ0v) is 15.7. The molecule has 0 fully saturated rings. The van der Waals surface area contributed by atoms with Crippen LogP contribution in [0.15, 0.2) is 53.3 Å². The van der Waals surface area contributed by atoms with Gasteiger partial charge in [0, 0.05) is 25.2 Å². The maximum Gasteiger partial charge on any atom is 0.262 e. The van der Waals surface area contributed by atoms with E-state index in [1.807, 2.05) is 44.2 Å². The monoisotopic (exact) mass is 367 g/mol. The van der Waals surface area contributed by atoms with Gasteiger partial charge in [-0.15, -0.1) is 0 Å². The second-order valence-electron chi connectivity index (χ2n) is 6.04. The Balaban J connectivity index is 1.97. The van der Waals surface area contributed by atoms with Gasteiger partial charge in [0.05, 0.1) is 10.9 Å². The lowest BCUT2D eigenvalue weighted by Gasteiger charge is -2.21. The fourth-order valence-electron chi connectivity index (χ4n) is 2.99. The van der Waals surface area contributed by atoms with E-state index < -0.39 is 0 Å². The van der Waals surface area contributed by atoms with Gasteiger partial charge >= 0.3 is 0 Å². The van der Waals surface area contributed by atoms with Crippen LogP contribution in [0.3, 0.4) is 0 Å². The summed E-state index contributed by atoms with van der Waals surface area (Å²) in [5.41, 5.74) is 2.07. The van der Waals surface area contributed by atoms with Crippen LogP contribution >= 0.6 is 12.2 Å². The highest BCUT2D eigenvalue weighted by Crippen LogP contribution is 2.15. The Kier molecular flexibility index (Phi) is 5.32. The summed E-state index contributed by atoms with van der Waals surface area (Å²) in [6, 6.07) is 15.0. The van der Waals surface area contributed by atoms with Gasteiger partial charge in [0.2, 0.25) is 0 Å². The van der Waals surface area contributed by atoms with Crippen LogP contribution in [0.4, 0.5) is 0 Å². The topological polar surface area (TPSA) is 58.1 Å². The molecule has 0 aliphatic carbocycles. The number of hydrogen-bond donors (Lipinski definition) is 1. The van der Waals surface area contributed by atoms with Gasteiger partial charge < -0.3 is 9.88 Å². The van der Waals surface area contributed by atoms with Gasteiger partial charge in [0.1, 0.15) is 0 Å². The number of nitrogens with one attached hydrogen (secondary N) is 1. The van der Waals surface area contributed by atoms with Crippen LogP contribution in [0.1, 0.15) is 29.8 Å². The lowest BCUT2D eigenvalue weighted by Crippen LogP contribution is -2.30. The highest BCUT2D eigenvalue weighted by Gasteiger charge is 2.16. The van der Waals surface area contributed by atoms with Crippen molar-refractivity contribution in [2.24, 2.45) is 0 Å². The Morgan fingerprint density at radius 1 is 1.15 bits per heavy atom. The summed E-state index contributed by atoms with van der Waals surface area (Å²) in [4.78, 5) is 30.2. The van der Waals surface area contributed by atoms with Crippen LogP contribution in [0, 0.1) is 4.77 Å². The second-order valence-corrected chi connectivity index (χ2v) is 6.43. The first kappa shape index (κ1) is 18.1. The van der Waals surface area contributed by atoms with Gasteiger partial charge in [-0.1, -0.05) is 30.3 Å². The number of nitrogens with zero attached hydrogens (tertiary/aromatic N) is 2. The van der Waals surface area contributed by atoms with E-state index in [1.54, 1.807) is 23.1 Å². The van der Waals surface area contributed by atoms with Crippen molar-refractivity contribution in [3.05, 3.63) is 74.8 Å². The van der Waals surface area contributed by atoms with Gasteiger partial charge in [0.15, 0.2) is 4.77 Å². The molecule has 3 rings (SSSR count). The van der Waals surface area contributed by atoms with Crippen molar-refractivity contribution in [3.63, 3.8) is 0 Å². The number of aromatic nitrogens is 2. The quantitative estimate of drug-likeness (QED) is 0.699. The molecule has 0 unspecified atom stereocenters. The third kappa shape index (κ3) is 3.46. The summed E-state index contributed by atoms with van der Waals surface area (Å²) in [6.45, 7) is 5.47. The Morgan fingerprint density at radius 3 is 2.54 bits per heavy atom. The molecular formula is C20H21N3O2S. The van der Waals surface area contributed by atoms with Crippen molar-refractivity contribution in [1.29, 1.82) is 0 Å². The molecule has 1 N–H and O–H groups in total. The van der Waals surface area contributed by atoms with Crippen molar-refractivity contribution >= 4 is 29.0 Å². The SMILES string of the molecule is CCN(Cc1ccccc1)C(=O)c1ccc2c(=O)n(CC)c(=S)[nH]c2c1. The average Bonchev–Trinajstić information content (AvgIpc) is 2.66. The molecular weight excluding hydrogens is 346 g/mol. The number of H-pyrrole nitrogens is 1. The predicted octanol–water partition coefficient (Wildman–Crippen LogP) is 3.74. The molecule has 0 radical (unpaired) electrons. The zero-order valence-electron chi connectivity index (χ0n) is 14.9. The van der Waals surface area contributed by atoms with Crippen molar-refractivity contribution in [3.8, 4) is 0 Å². The van der Waals surface area contributed by atoms with Crippen LogP contribution in [0.2, 0.25) is 0 Å². The lowest BCUT2D eigenvalue weighted by atomic mass is 10.1. The first-order chi connectivity index (χ1) is 12.5. The van der Waals surface area contributed by atoms with E-state index in [0.29, 0.717) is 40.9 Å². The van der Waals surface area contributed by atoms with E-state index in [1.165, 1.54) is 4.57 Å². The van der Waals surface area contributed by atoms with Crippen LogP contribution < -0.4 is 5.56 Å². The normalized spacial score (nSPS) is 10.8. The zero-order chi connectivity index (χ0) is 18.7. The van der Waals surface area contributed by atoms with E-state index in [0.717, 1.165) is 5.56 Å². The molecule has 0 saturated heterocycles. The second kappa shape index (κ2) is 7.66. The Hall–Kier alpha value is -2.73.